The first-order chi connectivity index (χ1) is 9.62. The molecule has 0 aromatic heterocycles. The van der Waals surface area contributed by atoms with Gasteiger partial charge in [0, 0.05) is 24.2 Å². The lowest BCUT2D eigenvalue weighted by molar-refractivity contribution is -0.385. The predicted octanol–water partition coefficient (Wildman–Crippen LogP) is 3.34. The predicted molar refractivity (Wildman–Crippen MR) is 82.3 cm³/mol. The molecule has 1 aliphatic heterocycles. The monoisotopic (exact) mass is 292 g/mol. The average molecular weight is 292 g/mol. The molecule has 0 spiro atoms. The van der Waals surface area contributed by atoms with Gasteiger partial charge in [0.05, 0.1) is 16.1 Å². The van der Waals surface area contributed by atoms with Crippen LogP contribution in [0.25, 0.3) is 0 Å². The van der Waals surface area contributed by atoms with Gasteiger partial charge >= 0.3 is 0 Å². The first-order valence-electron chi connectivity index (χ1n) is 7.29. The summed E-state index contributed by atoms with van der Waals surface area (Å²) in [6.07, 6.45) is 0.925. The quantitative estimate of drug-likeness (QED) is 0.683. The summed E-state index contributed by atoms with van der Waals surface area (Å²) in [4.78, 5) is 10.7. The normalized spacial score (nSPS) is 23.2. The number of nitro benzene ring substituents is 1. The summed E-state index contributed by atoms with van der Waals surface area (Å²) >= 11 is 0. The maximum Gasteiger partial charge on any atom is 0.272 e. The van der Waals surface area contributed by atoms with Gasteiger partial charge in [-0.1, -0.05) is 12.1 Å². The fourth-order valence-corrected chi connectivity index (χ4v) is 3.17. The molecule has 1 aromatic carbocycles. The van der Waals surface area contributed by atoms with Crippen LogP contribution < -0.4 is 5.32 Å². The fraction of sp³-hybridized carbons (Fsp3) is 0.625. The van der Waals surface area contributed by atoms with Crippen LogP contribution >= 0.6 is 0 Å². The second kappa shape index (κ2) is 5.39. The topological polar surface area (TPSA) is 64.4 Å². The number of nitrogens with zero attached hydrogens (tertiary/aromatic N) is 1. The first kappa shape index (κ1) is 15.9. The van der Waals surface area contributed by atoms with Crippen LogP contribution in [-0.4, -0.2) is 22.2 Å². The third-order valence-electron chi connectivity index (χ3n) is 4.23. The Hall–Kier alpha value is -1.46. The molecular formula is C16H24N2O3. The Bertz CT molecular complexity index is 552. The number of hydrogen-bond donors (Lipinski definition) is 1. The van der Waals surface area contributed by atoms with E-state index in [9.17, 15) is 10.1 Å². The Kier molecular flexibility index (Phi) is 4.08. The SMILES string of the molecule is Cc1c(CNC2CC(C)(C)OC2(C)C)cccc1[N+](=O)[O-]. The summed E-state index contributed by atoms with van der Waals surface area (Å²) < 4.78 is 6.06. The van der Waals surface area contributed by atoms with E-state index in [0.717, 1.165) is 17.5 Å². The van der Waals surface area contributed by atoms with E-state index in [2.05, 4.69) is 33.0 Å². The van der Waals surface area contributed by atoms with Gasteiger partial charge in [-0.05, 0) is 46.6 Å². The van der Waals surface area contributed by atoms with E-state index < -0.39 is 0 Å². The van der Waals surface area contributed by atoms with Crippen LogP contribution in [0.4, 0.5) is 5.69 Å². The van der Waals surface area contributed by atoms with Crippen molar-refractivity contribution in [1.82, 2.24) is 5.32 Å². The van der Waals surface area contributed by atoms with Crippen molar-refractivity contribution in [2.75, 3.05) is 0 Å². The van der Waals surface area contributed by atoms with Gasteiger partial charge in [-0.2, -0.15) is 0 Å². The summed E-state index contributed by atoms with van der Waals surface area (Å²) in [7, 11) is 0. The Balaban J connectivity index is 2.11. The minimum Gasteiger partial charge on any atom is -0.368 e. The Labute approximate surface area is 125 Å². The highest BCUT2D eigenvalue weighted by Crippen LogP contribution is 2.37. The van der Waals surface area contributed by atoms with Crippen molar-refractivity contribution in [1.29, 1.82) is 0 Å². The molecule has 2 rings (SSSR count). The third kappa shape index (κ3) is 3.41. The van der Waals surface area contributed by atoms with Gasteiger partial charge in [0.2, 0.25) is 0 Å². The molecule has 1 aromatic rings. The number of hydrogen-bond acceptors (Lipinski definition) is 4. The van der Waals surface area contributed by atoms with Gasteiger partial charge < -0.3 is 10.1 Å². The fourth-order valence-electron chi connectivity index (χ4n) is 3.17. The van der Waals surface area contributed by atoms with Gasteiger partial charge in [0.25, 0.3) is 5.69 Å². The molecule has 21 heavy (non-hydrogen) atoms. The van der Waals surface area contributed by atoms with E-state index >= 15 is 0 Å². The van der Waals surface area contributed by atoms with Gasteiger partial charge in [0.1, 0.15) is 0 Å². The first-order valence-corrected chi connectivity index (χ1v) is 7.29. The smallest absolute Gasteiger partial charge is 0.272 e. The van der Waals surface area contributed by atoms with Crippen LogP contribution in [0.3, 0.4) is 0 Å². The van der Waals surface area contributed by atoms with Crippen LogP contribution in [-0.2, 0) is 11.3 Å². The van der Waals surface area contributed by atoms with Crippen LogP contribution in [0.5, 0.6) is 0 Å². The average Bonchev–Trinajstić information content (AvgIpc) is 2.55. The van der Waals surface area contributed by atoms with E-state index in [1.807, 2.05) is 6.07 Å². The van der Waals surface area contributed by atoms with Gasteiger partial charge in [-0.15, -0.1) is 0 Å². The molecule has 0 aliphatic carbocycles. The van der Waals surface area contributed by atoms with Crippen LogP contribution in [0.1, 0.15) is 45.2 Å². The van der Waals surface area contributed by atoms with Crippen LogP contribution in [0.15, 0.2) is 18.2 Å². The number of nitrogens with one attached hydrogen (secondary N) is 1. The maximum absolute atomic E-state index is 11.0. The summed E-state index contributed by atoms with van der Waals surface area (Å²) in [6, 6.07) is 5.45. The van der Waals surface area contributed by atoms with Crippen LogP contribution in [0, 0.1) is 17.0 Å². The minimum atomic E-state index is -0.329. The zero-order valence-corrected chi connectivity index (χ0v) is 13.4. The zero-order valence-electron chi connectivity index (χ0n) is 13.4. The highest BCUT2D eigenvalue weighted by molar-refractivity contribution is 5.44. The molecule has 1 fully saturated rings. The van der Waals surface area contributed by atoms with Crippen molar-refractivity contribution in [3.63, 3.8) is 0 Å². The maximum atomic E-state index is 11.0. The number of benzene rings is 1. The molecule has 1 unspecified atom stereocenters. The second-order valence-corrected chi connectivity index (χ2v) is 6.92. The van der Waals surface area contributed by atoms with Crippen molar-refractivity contribution < 1.29 is 9.66 Å². The molecule has 1 heterocycles. The molecule has 116 valence electrons. The molecule has 1 N–H and O–H groups in total. The molecule has 1 atom stereocenters. The van der Waals surface area contributed by atoms with Crippen molar-refractivity contribution in [2.24, 2.45) is 0 Å². The molecule has 1 aliphatic rings. The van der Waals surface area contributed by atoms with Crippen molar-refractivity contribution >= 4 is 5.69 Å². The van der Waals surface area contributed by atoms with E-state index in [1.165, 1.54) is 0 Å². The lowest BCUT2D eigenvalue weighted by Gasteiger charge is -2.28. The molecule has 5 nitrogen and oxygen atoms in total. The van der Waals surface area contributed by atoms with Crippen LogP contribution in [0.2, 0.25) is 0 Å². The second-order valence-electron chi connectivity index (χ2n) is 6.92. The minimum absolute atomic E-state index is 0.140. The highest BCUT2D eigenvalue weighted by atomic mass is 16.6. The summed E-state index contributed by atoms with van der Waals surface area (Å²) in [6.45, 7) is 10.8. The van der Waals surface area contributed by atoms with E-state index in [4.69, 9.17) is 4.74 Å². The van der Waals surface area contributed by atoms with Crippen molar-refractivity contribution in [2.45, 2.75) is 64.8 Å². The molecule has 0 amide bonds. The lowest BCUT2D eigenvalue weighted by atomic mass is 9.94. The Morgan fingerprint density at radius 1 is 1.38 bits per heavy atom. The highest BCUT2D eigenvalue weighted by Gasteiger charge is 2.45. The number of ether oxygens (including phenoxy) is 1. The largest absolute Gasteiger partial charge is 0.368 e. The molecule has 0 saturated carbocycles. The summed E-state index contributed by atoms with van der Waals surface area (Å²) in [5.74, 6) is 0. The lowest BCUT2D eigenvalue weighted by Crippen LogP contribution is -2.43. The standard InChI is InChI=1S/C16H24N2O3/c1-11-12(7-6-8-13(11)18(19)20)10-17-14-9-15(2,3)21-16(14,4)5/h6-8,14,17H,9-10H2,1-5H3. The number of rotatable bonds is 4. The summed E-state index contributed by atoms with van der Waals surface area (Å²) in [5, 5.41) is 14.5. The van der Waals surface area contributed by atoms with Crippen molar-refractivity contribution in [3.8, 4) is 0 Å². The van der Waals surface area contributed by atoms with Crippen molar-refractivity contribution in [3.05, 3.63) is 39.4 Å². The number of nitro groups is 1. The Morgan fingerprint density at radius 3 is 2.57 bits per heavy atom. The Morgan fingerprint density at radius 2 is 2.05 bits per heavy atom. The van der Waals surface area contributed by atoms with E-state index in [1.54, 1.807) is 19.1 Å². The molecule has 1 saturated heterocycles. The zero-order chi connectivity index (χ0) is 15.8. The van der Waals surface area contributed by atoms with E-state index in [0.29, 0.717) is 6.54 Å². The molecular weight excluding hydrogens is 268 g/mol. The molecule has 0 bridgehead atoms. The van der Waals surface area contributed by atoms with E-state index in [-0.39, 0.29) is 27.9 Å². The summed E-state index contributed by atoms with van der Waals surface area (Å²) in [5.41, 5.74) is 1.49. The molecule has 0 radical (unpaired) electrons. The van der Waals surface area contributed by atoms with Gasteiger partial charge in [-0.25, -0.2) is 0 Å². The third-order valence-corrected chi connectivity index (χ3v) is 4.23. The van der Waals surface area contributed by atoms with Gasteiger partial charge in [-0.3, -0.25) is 10.1 Å². The molecule has 5 heteroatoms. The van der Waals surface area contributed by atoms with Gasteiger partial charge in [0.15, 0.2) is 0 Å².